The second-order valence-electron chi connectivity index (χ2n) is 7.98. The summed E-state index contributed by atoms with van der Waals surface area (Å²) in [6.07, 6.45) is 2.12. The van der Waals surface area contributed by atoms with Gasteiger partial charge in [-0.1, -0.05) is 100 Å². The molecule has 0 saturated heterocycles. The minimum absolute atomic E-state index is 0.351. The van der Waals surface area contributed by atoms with Crippen molar-refractivity contribution in [1.82, 2.24) is 0 Å². The number of benzene rings is 4. The van der Waals surface area contributed by atoms with Crippen LogP contribution >= 0.6 is 15.9 Å². The largest absolute Gasteiger partial charge is 0.422 e. The van der Waals surface area contributed by atoms with Crippen molar-refractivity contribution >= 4 is 38.5 Å². The first kappa shape index (κ1) is 21.2. The van der Waals surface area contributed by atoms with Crippen LogP contribution in [-0.2, 0) is 0 Å². The van der Waals surface area contributed by atoms with Crippen molar-refractivity contribution in [2.45, 2.75) is 6.92 Å². The average Bonchev–Trinajstić information content (AvgIpc) is 2.83. The highest BCUT2D eigenvalue weighted by Gasteiger charge is 2.17. The van der Waals surface area contributed by atoms with Crippen molar-refractivity contribution < 1.29 is 4.42 Å². The third-order valence-corrected chi connectivity index (χ3v) is 6.17. The van der Waals surface area contributed by atoms with Gasteiger partial charge in [-0.05, 0) is 59.5 Å². The summed E-state index contributed by atoms with van der Waals surface area (Å²) in [7, 11) is 0. The molecule has 0 bridgehead atoms. The van der Waals surface area contributed by atoms with Crippen LogP contribution in [0.1, 0.15) is 22.3 Å². The Morgan fingerprint density at radius 2 is 1.45 bits per heavy atom. The molecule has 0 radical (unpaired) electrons. The Balaban J connectivity index is 1.91. The molecule has 1 heterocycles. The molecule has 3 heteroatoms. The molecule has 0 saturated carbocycles. The summed E-state index contributed by atoms with van der Waals surface area (Å²) in [5.74, 6) is 0. The van der Waals surface area contributed by atoms with Gasteiger partial charge in [-0.3, -0.25) is 0 Å². The van der Waals surface area contributed by atoms with Gasteiger partial charge in [-0.15, -0.1) is 0 Å². The normalized spacial score (nSPS) is 10.8. The first-order valence-corrected chi connectivity index (χ1v) is 11.6. The molecule has 0 aliphatic rings. The van der Waals surface area contributed by atoms with E-state index in [2.05, 4.69) is 52.3 Å². The van der Waals surface area contributed by atoms with Crippen molar-refractivity contribution in [2.24, 2.45) is 0 Å². The Kier molecular flexibility index (Phi) is 5.80. The fourth-order valence-corrected chi connectivity index (χ4v) is 4.52. The van der Waals surface area contributed by atoms with Crippen LogP contribution < -0.4 is 5.63 Å². The summed E-state index contributed by atoms with van der Waals surface area (Å²) in [6.45, 7) is 2.05. The van der Waals surface area contributed by atoms with E-state index in [1.165, 1.54) is 0 Å². The van der Waals surface area contributed by atoms with E-state index in [1.807, 2.05) is 79.7 Å². The molecule has 2 nitrogen and oxygen atoms in total. The molecule has 0 atom stereocenters. The summed E-state index contributed by atoms with van der Waals surface area (Å²) < 4.78 is 6.68. The van der Waals surface area contributed by atoms with Gasteiger partial charge in [0.2, 0.25) is 0 Å². The van der Waals surface area contributed by atoms with Crippen LogP contribution in [0.3, 0.4) is 0 Å². The predicted octanol–water partition coefficient (Wildman–Crippen LogP) is 8.12. The summed E-state index contributed by atoms with van der Waals surface area (Å²) in [5, 5.41) is 0.911. The first-order chi connectivity index (χ1) is 16.1. The van der Waals surface area contributed by atoms with E-state index in [1.54, 1.807) is 0 Å². The van der Waals surface area contributed by atoms with Gasteiger partial charge in [0.1, 0.15) is 5.58 Å². The van der Waals surface area contributed by atoms with Gasteiger partial charge in [-0.2, -0.15) is 0 Å². The highest BCUT2D eigenvalue weighted by Crippen LogP contribution is 2.34. The standard InChI is InChI=1S/C30H21BrO2/c1-20-15-16-28-26(17-20)27(29(30(32)33-28)23-13-8-14-24(31)18-23)19-25(21-9-4-2-5-10-21)22-11-6-3-7-12-22/h2-19H,1H3. The second-order valence-corrected chi connectivity index (χ2v) is 8.89. The molecule has 0 aliphatic carbocycles. The Bertz CT molecular complexity index is 1490. The summed E-state index contributed by atoms with van der Waals surface area (Å²) >= 11 is 3.55. The van der Waals surface area contributed by atoms with Crippen molar-refractivity contribution in [3.63, 3.8) is 0 Å². The van der Waals surface area contributed by atoms with Crippen LogP contribution in [0.25, 0.3) is 33.7 Å². The highest BCUT2D eigenvalue weighted by molar-refractivity contribution is 9.10. The molecule has 160 valence electrons. The SMILES string of the molecule is Cc1ccc2oc(=O)c(-c3cccc(Br)c3)c(C=C(c3ccccc3)c3ccccc3)c2c1. The van der Waals surface area contributed by atoms with Gasteiger partial charge in [0.05, 0.1) is 5.56 Å². The minimum Gasteiger partial charge on any atom is -0.422 e. The molecule has 0 unspecified atom stereocenters. The van der Waals surface area contributed by atoms with E-state index in [9.17, 15) is 4.79 Å². The first-order valence-electron chi connectivity index (χ1n) is 10.8. The molecule has 5 rings (SSSR count). The fraction of sp³-hybridized carbons (Fsp3) is 0.0333. The lowest BCUT2D eigenvalue weighted by molar-refractivity contribution is 0.563. The molecule has 0 N–H and O–H groups in total. The van der Waals surface area contributed by atoms with Gasteiger partial charge in [-0.25, -0.2) is 4.79 Å². The molecular weight excluding hydrogens is 472 g/mol. The molecule has 33 heavy (non-hydrogen) atoms. The maximum absolute atomic E-state index is 13.3. The molecule has 0 spiro atoms. The fourth-order valence-electron chi connectivity index (χ4n) is 4.12. The zero-order chi connectivity index (χ0) is 22.8. The second kappa shape index (κ2) is 9.05. The summed E-state index contributed by atoms with van der Waals surface area (Å²) in [5.41, 5.74) is 6.76. The van der Waals surface area contributed by atoms with Crippen molar-refractivity contribution in [2.75, 3.05) is 0 Å². The minimum atomic E-state index is -0.351. The summed E-state index contributed by atoms with van der Waals surface area (Å²) in [6, 6.07) is 34.2. The van der Waals surface area contributed by atoms with Gasteiger partial charge in [0.15, 0.2) is 0 Å². The van der Waals surface area contributed by atoms with E-state index in [0.717, 1.165) is 43.2 Å². The molecule has 0 fully saturated rings. The monoisotopic (exact) mass is 492 g/mol. The smallest absolute Gasteiger partial charge is 0.344 e. The Labute approximate surface area is 201 Å². The molecular formula is C30H21BrO2. The molecule has 5 aromatic rings. The molecule has 1 aromatic heterocycles. The van der Waals surface area contributed by atoms with Crippen LogP contribution in [0, 0.1) is 6.92 Å². The predicted molar refractivity (Wildman–Crippen MR) is 140 cm³/mol. The maximum atomic E-state index is 13.3. The van der Waals surface area contributed by atoms with Crippen LogP contribution in [-0.4, -0.2) is 0 Å². The van der Waals surface area contributed by atoms with E-state index in [4.69, 9.17) is 4.42 Å². The number of hydrogen-bond acceptors (Lipinski definition) is 2. The summed E-state index contributed by atoms with van der Waals surface area (Å²) in [4.78, 5) is 13.3. The van der Waals surface area contributed by atoms with Crippen LogP contribution in [0.2, 0.25) is 0 Å². The Hall–Kier alpha value is -3.69. The van der Waals surface area contributed by atoms with Crippen LogP contribution in [0.4, 0.5) is 0 Å². The topological polar surface area (TPSA) is 30.2 Å². The lowest BCUT2D eigenvalue weighted by atomic mass is 9.91. The third kappa shape index (κ3) is 4.33. The zero-order valence-corrected chi connectivity index (χ0v) is 19.7. The van der Waals surface area contributed by atoms with Gasteiger partial charge >= 0.3 is 5.63 Å². The lowest BCUT2D eigenvalue weighted by Crippen LogP contribution is -2.06. The van der Waals surface area contributed by atoms with E-state index >= 15 is 0 Å². The van der Waals surface area contributed by atoms with Crippen molar-refractivity contribution in [3.05, 3.63) is 140 Å². The van der Waals surface area contributed by atoms with Crippen molar-refractivity contribution in [1.29, 1.82) is 0 Å². The van der Waals surface area contributed by atoms with E-state index < -0.39 is 0 Å². The highest BCUT2D eigenvalue weighted by atomic mass is 79.9. The number of rotatable bonds is 4. The van der Waals surface area contributed by atoms with Gasteiger partial charge in [0, 0.05) is 15.4 Å². The zero-order valence-electron chi connectivity index (χ0n) is 18.1. The Morgan fingerprint density at radius 3 is 2.09 bits per heavy atom. The number of halogens is 1. The van der Waals surface area contributed by atoms with E-state index in [-0.39, 0.29) is 5.63 Å². The average molecular weight is 493 g/mol. The number of aryl methyl sites for hydroxylation is 1. The van der Waals surface area contributed by atoms with Crippen LogP contribution in [0.15, 0.2) is 117 Å². The van der Waals surface area contributed by atoms with E-state index in [0.29, 0.717) is 11.1 Å². The Morgan fingerprint density at radius 1 is 0.788 bits per heavy atom. The quantitative estimate of drug-likeness (QED) is 0.237. The van der Waals surface area contributed by atoms with Gasteiger partial charge in [0.25, 0.3) is 0 Å². The maximum Gasteiger partial charge on any atom is 0.344 e. The number of fused-ring (bicyclic) bond motifs is 1. The van der Waals surface area contributed by atoms with Crippen molar-refractivity contribution in [3.8, 4) is 11.1 Å². The number of hydrogen-bond donors (Lipinski definition) is 0. The third-order valence-electron chi connectivity index (χ3n) is 5.67. The molecule has 0 aliphatic heterocycles. The molecule has 4 aromatic carbocycles. The van der Waals surface area contributed by atoms with Gasteiger partial charge < -0.3 is 4.42 Å². The lowest BCUT2D eigenvalue weighted by Gasteiger charge is -2.14. The molecule has 0 amide bonds. The van der Waals surface area contributed by atoms with Crippen LogP contribution in [0.5, 0.6) is 0 Å².